The third-order valence-electron chi connectivity index (χ3n) is 3.46. The SMILES string of the molecule is Cc1cc(CO)cnc1N(C)C1CCOC1C. The number of likely N-dealkylation sites (N-methyl/N-ethyl adjacent to an activating group) is 1. The Morgan fingerprint density at radius 2 is 2.35 bits per heavy atom. The molecule has 1 saturated heterocycles. The van der Waals surface area contributed by atoms with Crippen molar-refractivity contribution in [2.24, 2.45) is 0 Å². The average molecular weight is 236 g/mol. The van der Waals surface area contributed by atoms with Crippen LogP contribution >= 0.6 is 0 Å². The molecule has 94 valence electrons. The summed E-state index contributed by atoms with van der Waals surface area (Å²) in [5, 5.41) is 9.07. The molecule has 2 heterocycles. The first kappa shape index (κ1) is 12.3. The molecular weight excluding hydrogens is 216 g/mol. The van der Waals surface area contributed by atoms with Crippen LogP contribution in [0.1, 0.15) is 24.5 Å². The van der Waals surface area contributed by atoms with Crippen molar-refractivity contribution < 1.29 is 9.84 Å². The number of aliphatic hydroxyl groups is 1. The fraction of sp³-hybridized carbons (Fsp3) is 0.615. The van der Waals surface area contributed by atoms with Crippen molar-refractivity contribution in [2.75, 3.05) is 18.6 Å². The molecule has 0 spiro atoms. The van der Waals surface area contributed by atoms with Gasteiger partial charge in [-0.15, -0.1) is 0 Å². The number of anilines is 1. The van der Waals surface area contributed by atoms with E-state index in [1.165, 1.54) is 0 Å². The number of rotatable bonds is 3. The number of aliphatic hydroxyl groups excluding tert-OH is 1. The minimum Gasteiger partial charge on any atom is -0.392 e. The van der Waals surface area contributed by atoms with Gasteiger partial charge in [0.1, 0.15) is 5.82 Å². The Hall–Kier alpha value is -1.13. The first-order valence-electron chi connectivity index (χ1n) is 6.04. The van der Waals surface area contributed by atoms with Crippen LogP contribution in [0.5, 0.6) is 0 Å². The third-order valence-corrected chi connectivity index (χ3v) is 3.46. The maximum Gasteiger partial charge on any atom is 0.131 e. The zero-order valence-corrected chi connectivity index (χ0v) is 10.7. The summed E-state index contributed by atoms with van der Waals surface area (Å²) in [7, 11) is 2.06. The number of nitrogens with zero attached hydrogens (tertiary/aromatic N) is 2. The fourth-order valence-electron chi connectivity index (χ4n) is 2.47. The van der Waals surface area contributed by atoms with Gasteiger partial charge in [-0.3, -0.25) is 0 Å². The molecule has 1 fully saturated rings. The van der Waals surface area contributed by atoms with Gasteiger partial charge in [0.05, 0.1) is 18.8 Å². The Bertz CT molecular complexity index is 395. The highest BCUT2D eigenvalue weighted by atomic mass is 16.5. The largest absolute Gasteiger partial charge is 0.392 e. The lowest BCUT2D eigenvalue weighted by Gasteiger charge is -2.29. The lowest BCUT2D eigenvalue weighted by molar-refractivity contribution is 0.118. The first-order chi connectivity index (χ1) is 8.13. The number of aryl methyl sites for hydroxylation is 1. The molecule has 0 bridgehead atoms. The van der Waals surface area contributed by atoms with E-state index in [-0.39, 0.29) is 12.7 Å². The van der Waals surface area contributed by atoms with Crippen LogP contribution in [0.3, 0.4) is 0 Å². The van der Waals surface area contributed by atoms with Crippen LogP contribution in [-0.4, -0.2) is 35.9 Å². The van der Waals surface area contributed by atoms with E-state index in [0.717, 1.165) is 30.0 Å². The maximum absolute atomic E-state index is 9.07. The Kier molecular flexibility index (Phi) is 3.64. The van der Waals surface area contributed by atoms with Crippen molar-refractivity contribution >= 4 is 5.82 Å². The summed E-state index contributed by atoms with van der Waals surface area (Å²) in [6.07, 6.45) is 3.03. The van der Waals surface area contributed by atoms with Crippen LogP contribution in [0.15, 0.2) is 12.3 Å². The summed E-state index contributed by atoms with van der Waals surface area (Å²) < 4.78 is 5.58. The normalized spacial score (nSPS) is 24.0. The predicted molar refractivity (Wildman–Crippen MR) is 67.1 cm³/mol. The summed E-state index contributed by atoms with van der Waals surface area (Å²) in [5.74, 6) is 0.976. The monoisotopic (exact) mass is 236 g/mol. The Labute approximate surface area is 102 Å². The van der Waals surface area contributed by atoms with E-state index in [9.17, 15) is 0 Å². The van der Waals surface area contributed by atoms with Crippen molar-refractivity contribution in [2.45, 2.75) is 39.0 Å². The van der Waals surface area contributed by atoms with Crippen LogP contribution in [-0.2, 0) is 11.3 Å². The molecular formula is C13H20N2O2. The fourth-order valence-corrected chi connectivity index (χ4v) is 2.47. The van der Waals surface area contributed by atoms with E-state index in [2.05, 4.69) is 23.9 Å². The molecule has 1 N–H and O–H groups in total. The topological polar surface area (TPSA) is 45.6 Å². The minimum absolute atomic E-state index is 0.0424. The van der Waals surface area contributed by atoms with Gasteiger partial charge in [-0.25, -0.2) is 4.98 Å². The molecule has 0 aliphatic carbocycles. The number of ether oxygens (including phenoxy) is 1. The quantitative estimate of drug-likeness (QED) is 0.863. The molecule has 0 amide bonds. The second kappa shape index (κ2) is 5.02. The number of hydrogen-bond donors (Lipinski definition) is 1. The summed E-state index contributed by atoms with van der Waals surface area (Å²) in [6, 6.07) is 2.38. The molecule has 1 aliphatic rings. The minimum atomic E-state index is 0.0424. The van der Waals surface area contributed by atoms with Gasteiger partial charge in [-0.1, -0.05) is 0 Å². The summed E-state index contributed by atoms with van der Waals surface area (Å²) in [5.41, 5.74) is 1.95. The first-order valence-corrected chi connectivity index (χ1v) is 6.04. The highest BCUT2D eigenvalue weighted by molar-refractivity contribution is 5.48. The van der Waals surface area contributed by atoms with Crippen LogP contribution in [0, 0.1) is 6.92 Å². The highest BCUT2D eigenvalue weighted by Crippen LogP contribution is 2.25. The van der Waals surface area contributed by atoms with Crippen molar-refractivity contribution in [1.29, 1.82) is 0 Å². The van der Waals surface area contributed by atoms with Crippen LogP contribution in [0.4, 0.5) is 5.82 Å². The van der Waals surface area contributed by atoms with Gasteiger partial charge in [0, 0.05) is 19.9 Å². The molecule has 0 radical (unpaired) electrons. The van der Waals surface area contributed by atoms with Gasteiger partial charge in [0.25, 0.3) is 0 Å². The van der Waals surface area contributed by atoms with Crippen molar-refractivity contribution in [3.63, 3.8) is 0 Å². The van der Waals surface area contributed by atoms with E-state index in [0.29, 0.717) is 6.04 Å². The van der Waals surface area contributed by atoms with Crippen LogP contribution < -0.4 is 4.90 Å². The zero-order chi connectivity index (χ0) is 12.4. The van der Waals surface area contributed by atoms with Gasteiger partial charge in [-0.05, 0) is 37.5 Å². The van der Waals surface area contributed by atoms with E-state index >= 15 is 0 Å². The second-order valence-corrected chi connectivity index (χ2v) is 4.69. The van der Waals surface area contributed by atoms with Crippen molar-refractivity contribution in [1.82, 2.24) is 4.98 Å². The standard InChI is InChI=1S/C13H20N2O2/c1-9-6-11(8-16)7-14-13(9)15(3)12-4-5-17-10(12)2/h6-7,10,12,16H,4-5,8H2,1-3H3. The van der Waals surface area contributed by atoms with E-state index in [1.807, 2.05) is 13.0 Å². The Morgan fingerprint density at radius 3 is 2.88 bits per heavy atom. The molecule has 0 saturated carbocycles. The van der Waals surface area contributed by atoms with Gasteiger partial charge in [-0.2, -0.15) is 0 Å². The smallest absolute Gasteiger partial charge is 0.131 e. The van der Waals surface area contributed by atoms with Crippen LogP contribution in [0.25, 0.3) is 0 Å². The van der Waals surface area contributed by atoms with Gasteiger partial charge < -0.3 is 14.7 Å². The molecule has 0 aromatic carbocycles. The average Bonchev–Trinajstić information content (AvgIpc) is 2.74. The van der Waals surface area contributed by atoms with Crippen molar-refractivity contribution in [3.8, 4) is 0 Å². The third kappa shape index (κ3) is 2.42. The molecule has 2 atom stereocenters. The van der Waals surface area contributed by atoms with Crippen LogP contribution in [0.2, 0.25) is 0 Å². The Morgan fingerprint density at radius 1 is 1.59 bits per heavy atom. The molecule has 1 aliphatic heterocycles. The summed E-state index contributed by atoms with van der Waals surface area (Å²) in [6.45, 7) is 4.99. The van der Waals surface area contributed by atoms with Gasteiger partial charge >= 0.3 is 0 Å². The number of pyridine rings is 1. The maximum atomic E-state index is 9.07. The van der Waals surface area contributed by atoms with Gasteiger partial charge in [0.2, 0.25) is 0 Å². The second-order valence-electron chi connectivity index (χ2n) is 4.69. The molecule has 2 unspecified atom stereocenters. The van der Waals surface area contributed by atoms with Crippen molar-refractivity contribution in [3.05, 3.63) is 23.4 Å². The number of hydrogen-bond acceptors (Lipinski definition) is 4. The summed E-state index contributed by atoms with van der Waals surface area (Å²) in [4.78, 5) is 6.63. The summed E-state index contributed by atoms with van der Waals surface area (Å²) >= 11 is 0. The molecule has 17 heavy (non-hydrogen) atoms. The van der Waals surface area contributed by atoms with E-state index in [4.69, 9.17) is 9.84 Å². The Balaban J connectivity index is 2.21. The lowest BCUT2D eigenvalue weighted by atomic mass is 10.1. The van der Waals surface area contributed by atoms with Gasteiger partial charge in [0.15, 0.2) is 0 Å². The number of aromatic nitrogens is 1. The molecule has 2 rings (SSSR count). The van der Waals surface area contributed by atoms with E-state index < -0.39 is 0 Å². The zero-order valence-electron chi connectivity index (χ0n) is 10.7. The predicted octanol–water partition coefficient (Wildman–Crippen LogP) is 1.50. The molecule has 1 aromatic rings. The molecule has 4 heteroatoms. The molecule has 1 aromatic heterocycles. The highest BCUT2D eigenvalue weighted by Gasteiger charge is 2.29. The molecule has 4 nitrogen and oxygen atoms in total. The van der Waals surface area contributed by atoms with E-state index in [1.54, 1.807) is 6.20 Å². The lowest BCUT2D eigenvalue weighted by Crippen LogP contribution is -2.37.